The van der Waals surface area contributed by atoms with Gasteiger partial charge in [0.05, 0.1) is 0 Å². The van der Waals surface area contributed by atoms with E-state index in [-0.39, 0.29) is 0 Å². The Morgan fingerprint density at radius 1 is 1.71 bits per heavy atom. The molecule has 1 unspecified atom stereocenters. The fraction of sp³-hybridized carbons (Fsp3) is 1.00. The van der Waals surface area contributed by atoms with E-state index < -0.39 is 0 Å². The number of nitrogens with zero attached hydrogens (tertiary/aromatic N) is 1. The topological polar surface area (TPSA) is 3.24 Å². The average molecular weight is 113 g/mol. The normalized spacial score (nSPS) is 34.1. The van der Waals surface area contributed by atoms with Gasteiger partial charge in [0.25, 0.3) is 0 Å². The Morgan fingerprint density at radius 3 is 2.57 bits per heavy atom. The Kier molecular flexibility index (Phi) is 1.75. The minimum atomic E-state index is 0.909. The van der Waals surface area contributed by atoms with E-state index in [4.69, 9.17) is 0 Å². The molecular weight excluding hydrogens is 101 g/mol. The Balaban J connectivity index is 2.33. The van der Waals surface area contributed by atoms with Crippen molar-refractivity contribution in [2.75, 3.05) is 6.54 Å². The van der Waals surface area contributed by atoms with E-state index in [1.807, 2.05) is 0 Å². The van der Waals surface area contributed by atoms with Crippen molar-refractivity contribution in [1.82, 2.24) is 3.88 Å². The molecular formula is C5H12AlN. The zero-order valence-corrected chi connectivity index (χ0v) is 7.15. The fourth-order valence-electron chi connectivity index (χ4n) is 1.08. The Morgan fingerprint density at radius 2 is 2.43 bits per heavy atom. The van der Waals surface area contributed by atoms with Crippen LogP contribution in [0.25, 0.3) is 0 Å². The highest BCUT2D eigenvalue weighted by molar-refractivity contribution is 6.04. The van der Waals surface area contributed by atoms with Gasteiger partial charge in [-0.3, -0.25) is 0 Å². The minimum Gasteiger partial charge on any atom is -0.388 e. The first-order chi connectivity index (χ1) is 3.30. The predicted octanol–water partition coefficient (Wildman–Crippen LogP) is 0.0188. The number of hydrogen-bond donors (Lipinski definition) is 0. The summed E-state index contributed by atoms with van der Waals surface area (Å²) in [5, 5.41) is 0. The van der Waals surface area contributed by atoms with E-state index in [1.54, 1.807) is 0 Å². The maximum Gasteiger partial charge on any atom is 0.322 e. The van der Waals surface area contributed by atoms with Crippen molar-refractivity contribution < 1.29 is 0 Å². The molecule has 0 aromatic rings. The first kappa shape index (κ1) is 5.63. The van der Waals surface area contributed by atoms with Crippen LogP contribution >= 0.6 is 0 Å². The van der Waals surface area contributed by atoms with Gasteiger partial charge in [0.2, 0.25) is 0 Å². The lowest BCUT2D eigenvalue weighted by Crippen LogP contribution is -2.22. The first-order valence-corrected chi connectivity index (χ1v) is 3.90. The second-order valence-corrected chi connectivity index (χ2v) is 3.62. The van der Waals surface area contributed by atoms with Gasteiger partial charge in [0.1, 0.15) is 0 Å². The summed E-state index contributed by atoms with van der Waals surface area (Å²) < 4.78 is 2.54. The second-order valence-electron chi connectivity index (χ2n) is 2.47. The third kappa shape index (κ3) is 1.19. The monoisotopic (exact) mass is 113 g/mol. The summed E-state index contributed by atoms with van der Waals surface area (Å²) in [4.78, 5) is 0. The highest BCUT2D eigenvalue weighted by Gasteiger charge is 2.13. The van der Waals surface area contributed by atoms with Gasteiger partial charge >= 0.3 is 16.5 Å². The molecule has 0 radical (unpaired) electrons. The molecule has 1 rings (SSSR count). The molecule has 0 aromatic heterocycles. The first-order valence-electron chi connectivity index (χ1n) is 3.01. The van der Waals surface area contributed by atoms with E-state index in [0.717, 1.165) is 6.04 Å². The van der Waals surface area contributed by atoms with Gasteiger partial charge in [0.15, 0.2) is 0 Å². The van der Waals surface area contributed by atoms with Crippen LogP contribution < -0.4 is 0 Å². The van der Waals surface area contributed by atoms with Crippen LogP contribution in [0.2, 0.25) is 0 Å². The van der Waals surface area contributed by atoms with Crippen molar-refractivity contribution in [3.8, 4) is 0 Å². The van der Waals surface area contributed by atoms with Gasteiger partial charge in [-0.2, -0.15) is 0 Å². The van der Waals surface area contributed by atoms with Crippen LogP contribution in [0.15, 0.2) is 0 Å². The largest absolute Gasteiger partial charge is 0.388 e. The number of hydrogen-bond acceptors (Lipinski definition) is 1. The highest BCUT2D eigenvalue weighted by Crippen LogP contribution is 2.11. The van der Waals surface area contributed by atoms with E-state index in [2.05, 4.69) is 10.8 Å². The van der Waals surface area contributed by atoms with Gasteiger partial charge in [-0.25, -0.2) is 0 Å². The van der Waals surface area contributed by atoms with Crippen molar-refractivity contribution in [3.63, 3.8) is 0 Å². The molecule has 0 bridgehead atoms. The van der Waals surface area contributed by atoms with E-state index in [9.17, 15) is 0 Å². The molecule has 0 saturated carbocycles. The lowest BCUT2D eigenvalue weighted by Gasteiger charge is -2.13. The van der Waals surface area contributed by atoms with Gasteiger partial charge in [-0.1, -0.05) is 6.92 Å². The van der Waals surface area contributed by atoms with Crippen LogP contribution in [0.5, 0.6) is 0 Å². The van der Waals surface area contributed by atoms with Crippen molar-refractivity contribution in [2.45, 2.75) is 25.8 Å². The molecule has 0 amide bonds. The lowest BCUT2D eigenvalue weighted by molar-refractivity contribution is 0.449. The van der Waals surface area contributed by atoms with Crippen LogP contribution in [0, 0.1) is 0 Å². The summed E-state index contributed by atoms with van der Waals surface area (Å²) in [5.74, 6) is 0. The van der Waals surface area contributed by atoms with Crippen LogP contribution in [0.4, 0.5) is 0 Å². The van der Waals surface area contributed by atoms with E-state index in [1.165, 1.54) is 35.9 Å². The second kappa shape index (κ2) is 2.17. The Labute approximate surface area is 53.3 Å². The lowest BCUT2D eigenvalue weighted by atomic mass is 10.3. The van der Waals surface area contributed by atoms with Crippen molar-refractivity contribution in [2.24, 2.45) is 0 Å². The minimum absolute atomic E-state index is 0.909. The standard InChI is InChI=1S/C5H10N.Al.2H/c1-5-3-2-4-6-5;;;/h5H,2-4H2,1H3;;;/q-1;+1;;. The molecule has 7 heavy (non-hydrogen) atoms. The molecule has 0 aromatic carbocycles. The maximum atomic E-state index is 2.54. The van der Waals surface area contributed by atoms with E-state index >= 15 is 0 Å². The number of rotatable bonds is 0. The molecule has 1 atom stereocenters. The summed E-state index contributed by atoms with van der Waals surface area (Å²) in [6.45, 7) is 3.69. The molecule has 1 saturated heterocycles. The highest BCUT2D eigenvalue weighted by atomic mass is 27.1. The Hall–Kier alpha value is 0.492. The molecule has 0 N–H and O–H groups in total. The van der Waals surface area contributed by atoms with Gasteiger partial charge in [-0.05, 0) is 25.4 Å². The van der Waals surface area contributed by atoms with Crippen molar-refractivity contribution in [1.29, 1.82) is 0 Å². The predicted molar refractivity (Wildman–Crippen MR) is 33.9 cm³/mol. The van der Waals surface area contributed by atoms with Crippen LogP contribution in [-0.4, -0.2) is 33.0 Å². The molecule has 0 spiro atoms. The molecule has 1 aliphatic heterocycles. The van der Waals surface area contributed by atoms with Crippen molar-refractivity contribution in [3.05, 3.63) is 0 Å². The molecule has 1 nitrogen and oxygen atoms in total. The fourth-order valence-corrected chi connectivity index (χ4v) is 1.65. The van der Waals surface area contributed by atoms with Gasteiger partial charge in [-0.15, -0.1) is 0 Å². The SMILES string of the molecule is CC1CCC[N]1[AlH2]. The summed E-state index contributed by atoms with van der Waals surface area (Å²) in [6, 6.07) is 0.909. The third-order valence-corrected chi connectivity index (χ3v) is 3.21. The zero-order chi connectivity index (χ0) is 5.28. The zero-order valence-electron chi connectivity index (χ0n) is 5.15. The third-order valence-electron chi connectivity index (χ3n) is 1.89. The molecule has 40 valence electrons. The summed E-state index contributed by atoms with van der Waals surface area (Å²) >= 11 is 1.27. The average Bonchev–Trinajstić information content (AvgIpc) is 1.91. The summed E-state index contributed by atoms with van der Waals surface area (Å²) in [5.41, 5.74) is 0. The van der Waals surface area contributed by atoms with E-state index in [0.29, 0.717) is 0 Å². The molecule has 1 aliphatic rings. The maximum absolute atomic E-state index is 2.54. The van der Waals surface area contributed by atoms with Gasteiger partial charge < -0.3 is 3.88 Å². The van der Waals surface area contributed by atoms with Crippen molar-refractivity contribution >= 4 is 16.5 Å². The van der Waals surface area contributed by atoms with Crippen LogP contribution in [0.3, 0.4) is 0 Å². The molecule has 0 aliphatic carbocycles. The summed E-state index contributed by atoms with van der Waals surface area (Å²) in [6.07, 6.45) is 2.87. The molecule has 1 heterocycles. The van der Waals surface area contributed by atoms with Crippen LogP contribution in [-0.2, 0) is 0 Å². The van der Waals surface area contributed by atoms with Crippen LogP contribution in [0.1, 0.15) is 19.8 Å². The quantitative estimate of drug-likeness (QED) is 0.400. The van der Waals surface area contributed by atoms with Gasteiger partial charge in [0, 0.05) is 0 Å². The Bertz CT molecular complexity index is 57.1. The smallest absolute Gasteiger partial charge is 0.322 e. The summed E-state index contributed by atoms with van der Waals surface area (Å²) in [7, 11) is 0. The molecule has 2 heteroatoms. The molecule has 1 fully saturated rings.